The number of nitrogens with one attached hydrogen (secondary N) is 2. The molecule has 1 unspecified atom stereocenters. The number of amides is 3. The lowest BCUT2D eigenvalue weighted by molar-refractivity contribution is -0.140. The van der Waals surface area contributed by atoms with Gasteiger partial charge in [-0.2, -0.15) is 0 Å². The largest absolute Gasteiger partial charge is 0.344 e. The standard InChI is InChI=1S/C17H29ClN4O4/c1-9(2)14(13(23)8-18)21-15(24)11(4)20-16(25)12-6-5-7-22(12)17(26)10(3)19/h9-12,14H,5-8,19H2,1-4H3,(H,20,25)(H,21,24)/t10-,11+,12-,14?/m1/s1. The first-order valence-corrected chi connectivity index (χ1v) is 9.39. The van der Waals surface area contributed by atoms with E-state index in [1.165, 1.54) is 11.8 Å². The van der Waals surface area contributed by atoms with Crippen molar-refractivity contribution in [2.24, 2.45) is 11.7 Å². The van der Waals surface area contributed by atoms with Crippen molar-refractivity contribution in [1.82, 2.24) is 15.5 Å². The number of rotatable bonds is 8. The molecule has 0 aromatic rings. The van der Waals surface area contributed by atoms with Crippen LogP contribution in [0.2, 0.25) is 0 Å². The molecule has 0 spiro atoms. The van der Waals surface area contributed by atoms with Gasteiger partial charge in [0.2, 0.25) is 17.7 Å². The van der Waals surface area contributed by atoms with Crippen LogP contribution in [0.1, 0.15) is 40.5 Å². The normalized spacial score (nSPS) is 20.4. The summed E-state index contributed by atoms with van der Waals surface area (Å²) in [6.07, 6.45) is 1.23. The van der Waals surface area contributed by atoms with E-state index in [4.69, 9.17) is 17.3 Å². The second-order valence-electron chi connectivity index (χ2n) is 7.04. The molecule has 8 nitrogen and oxygen atoms in total. The number of nitrogens with zero attached hydrogens (tertiary/aromatic N) is 1. The van der Waals surface area contributed by atoms with Crippen LogP contribution in [-0.2, 0) is 19.2 Å². The molecule has 1 aliphatic heterocycles. The summed E-state index contributed by atoms with van der Waals surface area (Å²) >= 11 is 5.58. The Bertz CT molecular complexity index is 553. The topological polar surface area (TPSA) is 122 Å². The average Bonchev–Trinajstić information content (AvgIpc) is 3.07. The van der Waals surface area contributed by atoms with E-state index in [2.05, 4.69) is 10.6 Å². The van der Waals surface area contributed by atoms with E-state index in [9.17, 15) is 19.2 Å². The number of hydrogen-bond donors (Lipinski definition) is 3. The second-order valence-corrected chi connectivity index (χ2v) is 7.31. The smallest absolute Gasteiger partial charge is 0.243 e. The van der Waals surface area contributed by atoms with E-state index >= 15 is 0 Å². The van der Waals surface area contributed by atoms with Crippen LogP contribution in [0, 0.1) is 5.92 Å². The molecule has 0 aromatic carbocycles. The van der Waals surface area contributed by atoms with Gasteiger partial charge in [0.1, 0.15) is 12.1 Å². The molecule has 0 aromatic heterocycles. The van der Waals surface area contributed by atoms with E-state index < -0.39 is 36.0 Å². The van der Waals surface area contributed by atoms with E-state index in [1.54, 1.807) is 20.8 Å². The maximum absolute atomic E-state index is 12.5. The zero-order valence-corrected chi connectivity index (χ0v) is 16.5. The van der Waals surface area contributed by atoms with Crippen molar-refractivity contribution in [1.29, 1.82) is 0 Å². The van der Waals surface area contributed by atoms with Crippen LogP contribution in [0.5, 0.6) is 0 Å². The Balaban J connectivity index is 2.69. The Labute approximate surface area is 159 Å². The van der Waals surface area contributed by atoms with E-state index in [-0.39, 0.29) is 23.5 Å². The first-order chi connectivity index (χ1) is 12.1. The first-order valence-electron chi connectivity index (χ1n) is 8.85. The van der Waals surface area contributed by atoms with Gasteiger partial charge in [-0.1, -0.05) is 13.8 Å². The van der Waals surface area contributed by atoms with E-state index in [0.717, 1.165) is 0 Å². The van der Waals surface area contributed by atoms with Crippen LogP contribution in [-0.4, -0.2) is 65.0 Å². The molecule has 1 heterocycles. The van der Waals surface area contributed by atoms with Crippen LogP contribution < -0.4 is 16.4 Å². The van der Waals surface area contributed by atoms with Crippen LogP contribution in [0.4, 0.5) is 0 Å². The highest BCUT2D eigenvalue weighted by atomic mass is 35.5. The number of carbonyl (C=O) groups excluding carboxylic acids is 4. The van der Waals surface area contributed by atoms with Crippen LogP contribution in [0.25, 0.3) is 0 Å². The van der Waals surface area contributed by atoms with Gasteiger partial charge in [-0.25, -0.2) is 0 Å². The monoisotopic (exact) mass is 388 g/mol. The highest BCUT2D eigenvalue weighted by Gasteiger charge is 2.36. The summed E-state index contributed by atoms with van der Waals surface area (Å²) in [7, 11) is 0. The van der Waals surface area contributed by atoms with Gasteiger partial charge in [-0.3, -0.25) is 19.2 Å². The molecule has 4 N–H and O–H groups in total. The molecule has 0 saturated carbocycles. The third kappa shape index (κ3) is 5.67. The minimum Gasteiger partial charge on any atom is -0.344 e. The molecule has 1 rings (SSSR count). The molecule has 0 aliphatic carbocycles. The first kappa shape index (κ1) is 22.4. The van der Waals surface area contributed by atoms with Gasteiger partial charge >= 0.3 is 0 Å². The summed E-state index contributed by atoms with van der Waals surface area (Å²) in [6.45, 7) is 7.18. The molecule has 1 saturated heterocycles. The summed E-state index contributed by atoms with van der Waals surface area (Å²) in [5.74, 6) is -1.75. The SMILES string of the molecule is CC(C)C(NC(=O)[C@H](C)NC(=O)[C@H]1CCCN1C(=O)[C@@H](C)N)C(=O)CCl. The Morgan fingerprint density at radius 3 is 2.27 bits per heavy atom. The number of halogens is 1. The Morgan fingerprint density at radius 2 is 1.77 bits per heavy atom. The summed E-state index contributed by atoms with van der Waals surface area (Å²) in [5, 5.41) is 5.24. The van der Waals surface area contributed by atoms with Crippen LogP contribution >= 0.6 is 11.6 Å². The lowest BCUT2D eigenvalue weighted by Gasteiger charge is -2.27. The molecule has 9 heteroatoms. The number of alkyl halides is 1. The number of ketones is 1. The van der Waals surface area contributed by atoms with Crippen molar-refractivity contribution in [3.8, 4) is 0 Å². The zero-order chi connectivity index (χ0) is 20.0. The molecule has 3 amide bonds. The lowest BCUT2D eigenvalue weighted by Crippen LogP contribution is -2.56. The Hall–Kier alpha value is -1.67. The molecular formula is C17H29ClN4O4. The van der Waals surface area contributed by atoms with Crippen molar-refractivity contribution >= 4 is 35.1 Å². The fourth-order valence-electron chi connectivity index (χ4n) is 2.92. The van der Waals surface area contributed by atoms with Gasteiger partial charge in [0, 0.05) is 6.54 Å². The van der Waals surface area contributed by atoms with Gasteiger partial charge in [0.15, 0.2) is 5.78 Å². The lowest BCUT2D eigenvalue weighted by atomic mass is 10.0. The zero-order valence-electron chi connectivity index (χ0n) is 15.8. The summed E-state index contributed by atoms with van der Waals surface area (Å²) in [5.41, 5.74) is 5.62. The quantitative estimate of drug-likeness (QED) is 0.496. The predicted octanol–water partition coefficient (Wildman–Crippen LogP) is -0.222. The Morgan fingerprint density at radius 1 is 1.15 bits per heavy atom. The summed E-state index contributed by atoms with van der Waals surface area (Å²) < 4.78 is 0. The van der Waals surface area contributed by atoms with Crippen molar-refractivity contribution in [3.05, 3.63) is 0 Å². The molecular weight excluding hydrogens is 360 g/mol. The highest BCUT2D eigenvalue weighted by molar-refractivity contribution is 6.28. The van der Waals surface area contributed by atoms with Crippen molar-refractivity contribution in [3.63, 3.8) is 0 Å². The van der Waals surface area contributed by atoms with Crippen LogP contribution in [0.3, 0.4) is 0 Å². The van der Waals surface area contributed by atoms with Crippen LogP contribution in [0.15, 0.2) is 0 Å². The molecule has 0 bridgehead atoms. The highest BCUT2D eigenvalue weighted by Crippen LogP contribution is 2.18. The number of nitrogens with two attached hydrogens (primary N) is 1. The van der Waals surface area contributed by atoms with Crippen molar-refractivity contribution in [2.75, 3.05) is 12.4 Å². The maximum Gasteiger partial charge on any atom is 0.243 e. The number of Topliss-reactive ketones (excluding diaryl/α,β-unsaturated/α-hetero) is 1. The molecule has 0 radical (unpaired) electrons. The molecule has 4 atom stereocenters. The Kier molecular flexibility index (Phi) is 8.49. The molecule has 1 fully saturated rings. The number of hydrogen-bond acceptors (Lipinski definition) is 5. The summed E-state index contributed by atoms with van der Waals surface area (Å²) in [6, 6.07) is -2.87. The fourth-order valence-corrected chi connectivity index (χ4v) is 3.09. The molecule has 148 valence electrons. The van der Waals surface area contributed by atoms with Crippen molar-refractivity contribution < 1.29 is 19.2 Å². The van der Waals surface area contributed by atoms with E-state index in [1.807, 2.05) is 0 Å². The van der Waals surface area contributed by atoms with Gasteiger partial charge in [-0.15, -0.1) is 11.6 Å². The minimum absolute atomic E-state index is 0.123. The predicted molar refractivity (Wildman–Crippen MR) is 98.5 cm³/mol. The van der Waals surface area contributed by atoms with Gasteiger partial charge < -0.3 is 21.3 Å². The van der Waals surface area contributed by atoms with Gasteiger partial charge in [0.25, 0.3) is 0 Å². The van der Waals surface area contributed by atoms with E-state index in [0.29, 0.717) is 19.4 Å². The maximum atomic E-state index is 12.5. The number of likely N-dealkylation sites (tertiary alicyclic amines) is 1. The average molecular weight is 389 g/mol. The van der Waals surface area contributed by atoms with Gasteiger partial charge in [-0.05, 0) is 32.6 Å². The minimum atomic E-state index is -0.847. The third-order valence-electron chi connectivity index (χ3n) is 4.42. The number of carbonyl (C=O) groups is 4. The van der Waals surface area contributed by atoms with Crippen molar-refractivity contribution in [2.45, 2.75) is 64.7 Å². The fraction of sp³-hybridized carbons (Fsp3) is 0.765. The van der Waals surface area contributed by atoms with Gasteiger partial charge in [0.05, 0.1) is 18.0 Å². The molecule has 1 aliphatic rings. The second kappa shape index (κ2) is 9.87. The summed E-state index contributed by atoms with van der Waals surface area (Å²) in [4.78, 5) is 50.2. The molecule has 26 heavy (non-hydrogen) atoms. The third-order valence-corrected chi connectivity index (χ3v) is 4.69.